The molecule has 0 bridgehead atoms. The number of nitrogens with one attached hydrogen (secondary N) is 1. The summed E-state index contributed by atoms with van der Waals surface area (Å²) < 4.78 is 13.1. The topological polar surface area (TPSA) is 74.1 Å². The molecule has 0 aliphatic heterocycles. The Hall–Kier alpha value is -2.22. The molecule has 10 heteroatoms. The monoisotopic (exact) mass is 455 g/mol. The average Bonchev–Trinajstić information content (AvgIpc) is 3.14. The Morgan fingerprint density at radius 1 is 1.10 bits per heavy atom. The summed E-state index contributed by atoms with van der Waals surface area (Å²) in [4.78, 5) is 0. The summed E-state index contributed by atoms with van der Waals surface area (Å²) in [5.74, 6) is 1.52. The van der Waals surface area contributed by atoms with E-state index in [1.165, 1.54) is 0 Å². The van der Waals surface area contributed by atoms with Gasteiger partial charge in [-0.15, -0.1) is 0 Å². The van der Waals surface area contributed by atoms with Crippen LogP contribution in [-0.2, 0) is 19.7 Å². The third-order valence-electron chi connectivity index (χ3n) is 4.13. The summed E-state index contributed by atoms with van der Waals surface area (Å²) in [6.45, 7) is 3.43. The van der Waals surface area contributed by atoms with Crippen molar-refractivity contribution in [1.29, 1.82) is 0 Å². The molecule has 0 radical (unpaired) electrons. The van der Waals surface area contributed by atoms with Gasteiger partial charge in [0, 0.05) is 28.7 Å². The third kappa shape index (κ3) is 5.23. The Kier molecular flexibility index (Phi) is 7.41. The molecule has 0 saturated heterocycles. The SMILES string of the molecule is CCCn1nnnc1NCc1cc(Cl)c(OCc2c(Cl)cccc2Cl)c(OC)c1. The van der Waals surface area contributed by atoms with Crippen LogP contribution in [0.1, 0.15) is 24.5 Å². The molecular formula is C19H20Cl3N5O2. The number of aromatic nitrogens is 4. The van der Waals surface area contributed by atoms with E-state index in [1.807, 2.05) is 6.07 Å². The lowest BCUT2D eigenvalue weighted by Crippen LogP contribution is -2.09. The number of aryl methyl sites for hydroxylation is 1. The highest BCUT2D eigenvalue weighted by Crippen LogP contribution is 2.38. The normalized spacial score (nSPS) is 10.8. The van der Waals surface area contributed by atoms with Crippen LogP contribution in [0.5, 0.6) is 11.5 Å². The van der Waals surface area contributed by atoms with Gasteiger partial charge < -0.3 is 14.8 Å². The Labute approximate surface area is 183 Å². The Morgan fingerprint density at radius 3 is 2.55 bits per heavy atom. The largest absolute Gasteiger partial charge is 0.493 e. The fourth-order valence-corrected chi connectivity index (χ4v) is 3.50. The van der Waals surface area contributed by atoms with Gasteiger partial charge in [0.25, 0.3) is 0 Å². The summed E-state index contributed by atoms with van der Waals surface area (Å²) in [6, 6.07) is 8.93. The maximum Gasteiger partial charge on any atom is 0.243 e. The van der Waals surface area contributed by atoms with Gasteiger partial charge in [-0.3, -0.25) is 0 Å². The quantitative estimate of drug-likeness (QED) is 0.474. The highest BCUT2D eigenvalue weighted by molar-refractivity contribution is 6.36. The third-order valence-corrected chi connectivity index (χ3v) is 5.12. The second-order valence-electron chi connectivity index (χ2n) is 6.18. The van der Waals surface area contributed by atoms with Crippen LogP contribution in [0.3, 0.4) is 0 Å². The average molecular weight is 457 g/mol. The molecule has 3 aromatic rings. The van der Waals surface area contributed by atoms with Crippen LogP contribution < -0.4 is 14.8 Å². The van der Waals surface area contributed by atoms with Crippen molar-refractivity contribution in [3.63, 3.8) is 0 Å². The van der Waals surface area contributed by atoms with Crippen molar-refractivity contribution >= 4 is 40.8 Å². The molecule has 2 aromatic carbocycles. The molecule has 0 aliphatic carbocycles. The molecule has 0 spiro atoms. The first kappa shape index (κ1) is 21.5. The van der Waals surface area contributed by atoms with Gasteiger partial charge in [-0.1, -0.05) is 52.9 Å². The van der Waals surface area contributed by atoms with Crippen LogP contribution in [0.15, 0.2) is 30.3 Å². The van der Waals surface area contributed by atoms with Crippen molar-refractivity contribution in [2.24, 2.45) is 0 Å². The first-order valence-electron chi connectivity index (χ1n) is 8.95. The molecule has 0 amide bonds. The minimum atomic E-state index is 0.165. The van der Waals surface area contributed by atoms with Crippen LogP contribution in [0, 0.1) is 0 Å². The molecule has 3 rings (SSSR count). The maximum absolute atomic E-state index is 6.46. The second kappa shape index (κ2) is 10.0. The van der Waals surface area contributed by atoms with E-state index < -0.39 is 0 Å². The standard InChI is InChI=1S/C19H20Cl3N5O2/c1-3-7-27-19(24-25-26-27)23-10-12-8-16(22)18(17(9-12)28-2)29-11-13-14(20)5-4-6-15(13)21/h4-6,8-9H,3,7,10-11H2,1-2H3,(H,23,24,26). The molecule has 7 nitrogen and oxygen atoms in total. The Bertz CT molecular complexity index is 960. The molecular weight excluding hydrogens is 437 g/mol. The number of hydrogen-bond acceptors (Lipinski definition) is 6. The van der Waals surface area contributed by atoms with E-state index in [0.717, 1.165) is 18.5 Å². The van der Waals surface area contributed by atoms with E-state index in [2.05, 4.69) is 27.8 Å². The van der Waals surface area contributed by atoms with Gasteiger partial charge in [0.05, 0.1) is 12.1 Å². The smallest absolute Gasteiger partial charge is 0.243 e. The van der Waals surface area contributed by atoms with E-state index in [4.69, 9.17) is 44.3 Å². The van der Waals surface area contributed by atoms with Crippen molar-refractivity contribution in [3.05, 3.63) is 56.5 Å². The fourth-order valence-electron chi connectivity index (χ4n) is 2.70. The number of tetrazole rings is 1. The van der Waals surface area contributed by atoms with Crippen molar-refractivity contribution in [2.45, 2.75) is 33.0 Å². The fraction of sp³-hybridized carbons (Fsp3) is 0.316. The summed E-state index contributed by atoms with van der Waals surface area (Å²) in [7, 11) is 1.56. The number of rotatable bonds is 9. The van der Waals surface area contributed by atoms with Crippen LogP contribution in [0.2, 0.25) is 15.1 Å². The van der Waals surface area contributed by atoms with E-state index >= 15 is 0 Å². The first-order valence-corrected chi connectivity index (χ1v) is 10.1. The van der Waals surface area contributed by atoms with Gasteiger partial charge in [-0.25, -0.2) is 4.68 Å². The predicted octanol–water partition coefficient (Wildman–Crippen LogP) is 5.24. The van der Waals surface area contributed by atoms with Gasteiger partial charge in [0.2, 0.25) is 5.95 Å². The molecule has 1 aromatic heterocycles. The molecule has 29 heavy (non-hydrogen) atoms. The summed E-state index contributed by atoms with van der Waals surface area (Å²) in [5, 5.41) is 16.3. The highest BCUT2D eigenvalue weighted by Gasteiger charge is 2.15. The molecule has 1 heterocycles. The second-order valence-corrected chi connectivity index (χ2v) is 7.40. The minimum Gasteiger partial charge on any atom is -0.493 e. The van der Waals surface area contributed by atoms with Crippen molar-refractivity contribution in [1.82, 2.24) is 20.2 Å². The van der Waals surface area contributed by atoms with E-state index in [9.17, 15) is 0 Å². The molecule has 0 fully saturated rings. The van der Waals surface area contributed by atoms with Crippen LogP contribution in [0.4, 0.5) is 5.95 Å². The van der Waals surface area contributed by atoms with Crippen LogP contribution >= 0.6 is 34.8 Å². The molecule has 0 atom stereocenters. The lowest BCUT2D eigenvalue weighted by Gasteiger charge is -2.15. The number of ether oxygens (including phenoxy) is 2. The van der Waals surface area contributed by atoms with Gasteiger partial charge >= 0.3 is 0 Å². The maximum atomic E-state index is 6.46. The number of benzene rings is 2. The van der Waals surface area contributed by atoms with E-state index in [-0.39, 0.29) is 6.61 Å². The van der Waals surface area contributed by atoms with Crippen LogP contribution in [-0.4, -0.2) is 27.3 Å². The zero-order valence-corrected chi connectivity index (χ0v) is 18.2. The van der Waals surface area contributed by atoms with Gasteiger partial charge in [-0.2, -0.15) is 0 Å². The zero-order valence-electron chi connectivity index (χ0n) is 16.0. The Balaban J connectivity index is 1.74. The predicted molar refractivity (Wildman–Crippen MR) is 114 cm³/mol. The minimum absolute atomic E-state index is 0.165. The van der Waals surface area contributed by atoms with Crippen molar-refractivity contribution in [3.8, 4) is 11.5 Å². The van der Waals surface area contributed by atoms with Gasteiger partial charge in [-0.05, 0) is 46.7 Å². The molecule has 154 valence electrons. The van der Waals surface area contributed by atoms with E-state index in [0.29, 0.717) is 44.6 Å². The highest BCUT2D eigenvalue weighted by atomic mass is 35.5. The van der Waals surface area contributed by atoms with Gasteiger partial charge in [0.15, 0.2) is 11.5 Å². The lowest BCUT2D eigenvalue weighted by molar-refractivity contribution is 0.284. The Morgan fingerprint density at radius 2 is 1.86 bits per heavy atom. The molecule has 0 saturated carbocycles. The number of nitrogens with zero attached hydrogens (tertiary/aromatic N) is 4. The summed E-state index contributed by atoms with van der Waals surface area (Å²) in [6.07, 6.45) is 0.931. The molecule has 1 N–H and O–H groups in total. The zero-order chi connectivity index (χ0) is 20.8. The number of anilines is 1. The summed E-state index contributed by atoms with van der Waals surface area (Å²) in [5.41, 5.74) is 1.57. The molecule has 0 aliphatic rings. The van der Waals surface area contributed by atoms with Crippen molar-refractivity contribution < 1.29 is 9.47 Å². The van der Waals surface area contributed by atoms with Crippen LogP contribution in [0.25, 0.3) is 0 Å². The number of halogens is 3. The number of methoxy groups -OCH3 is 1. The first-order chi connectivity index (χ1) is 14.0. The lowest BCUT2D eigenvalue weighted by atomic mass is 10.2. The van der Waals surface area contributed by atoms with E-state index in [1.54, 1.807) is 36.1 Å². The molecule has 0 unspecified atom stereocenters. The summed E-state index contributed by atoms with van der Waals surface area (Å²) >= 11 is 18.9. The number of hydrogen-bond donors (Lipinski definition) is 1. The van der Waals surface area contributed by atoms with Crippen molar-refractivity contribution in [2.75, 3.05) is 12.4 Å². The van der Waals surface area contributed by atoms with Gasteiger partial charge in [0.1, 0.15) is 6.61 Å².